The first kappa shape index (κ1) is 12.8. The van der Waals surface area contributed by atoms with Crippen molar-refractivity contribution in [1.29, 1.82) is 0 Å². The molecule has 0 aliphatic carbocycles. The van der Waals surface area contributed by atoms with Crippen molar-refractivity contribution in [3.05, 3.63) is 35.9 Å². The van der Waals surface area contributed by atoms with Crippen LogP contribution in [0.15, 0.2) is 30.3 Å². The summed E-state index contributed by atoms with van der Waals surface area (Å²) in [5.41, 5.74) is -0.472. The Labute approximate surface area is 106 Å². The molecule has 1 aromatic rings. The Hall–Kier alpha value is -1.68. The Balaban J connectivity index is 2.18. The molecule has 2 atom stereocenters. The van der Waals surface area contributed by atoms with Crippen molar-refractivity contribution < 1.29 is 14.7 Å². The second-order valence-electron chi connectivity index (χ2n) is 4.91. The van der Waals surface area contributed by atoms with Gasteiger partial charge in [0.25, 0.3) is 0 Å². The average Bonchev–Trinajstić information content (AvgIpc) is 2.73. The Bertz CT molecular complexity index is 442. The predicted molar refractivity (Wildman–Crippen MR) is 66.7 cm³/mol. The number of amides is 1. The summed E-state index contributed by atoms with van der Waals surface area (Å²) in [5, 5.41) is 10.0. The zero-order valence-corrected chi connectivity index (χ0v) is 10.4. The molecule has 4 heteroatoms. The van der Waals surface area contributed by atoms with E-state index in [0.29, 0.717) is 25.7 Å². The van der Waals surface area contributed by atoms with Gasteiger partial charge in [-0.3, -0.25) is 4.79 Å². The molecule has 0 spiro atoms. The summed E-state index contributed by atoms with van der Waals surface area (Å²) < 4.78 is 0. The van der Waals surface area contributed by atoms with E-state index in [1.165, 1.54) is 6.92 Å². The highest BCUT2D eigenvalue weighted by atomic mass is 16.3. The van der Waals surface area contributed by atoms with E-state index in [4.69, 9.17) is 0 Å². The van der Waals surface area contributed by atoms with Crippen molar-refractivity contribution in [2.75, 3.05) is 0 Å². The molecule has 0 aromatic heterocycles. The minimum Gasteiger partial charge on any atom is -0.381 e. The zero-order valence-electron chi connectivity index (χ0n) is 10.4. The summed E-state index contributed by atoms with van der Waals surface area (Å²) in [6.07, 6.45) is 1.44. The molecule has 4 nitrogen and oxygen atoms in total. The van der Waals surface area contributed by atoms with Crippen LogP contribution in [0.5, 0.6) is 0 Å². The molecule has 1 aromatic carbocycles. The first-order chi connectivity index (χ1) is 8.54. The molecule has 0 saturated carbocycles. The number of carbonyl (C=O) groups is 2. The molecule has 96 valence electrons. The maximum Gasteiger partial charge on any atom is 0.223 e. The van der Waals surface area contributed by atoms with E-state index in [1.807, 2.05) is 30.3 Å². The molecular formula is C14H17NO3. The third kappa shape index (κ3) is 2.43. The minimum absolute atomic E-state index is 0.00835. The highest BCUT2D eigenvalue weighted by molar-refractivity contribution is 5.80. The first-order valence-corrected chi connectivity index (χ1v) is 6.06. The lowest BCUT2D eigenvalue weighted by Gasteiger charge is -2.32. The van der Waals surface area contributed by atoms with Crippen molar-refractivity contribution in [1.82, 2.24) is 4.90 Å². The zero-order chi connectivity index (χ0) is 13.2. The van der Waals surface area contributed by atoms with Crippen molar-refractivity contribution in [3.63, 3.8) is 0 Å². The molecule has 2 rings (SSSR count). The standard InChI is InChI=1S/C14H17NO3/c1-14(18,10-16)12-7-8-13(17)15(12)9-11-5-3-2-4-6-11/h2-6,10,12,18H,7-9H2,1H3/t12-,14+/m1/s1. The van der Waals surface area contributed by atoms with Gasteiger partial charge in [-0.1, -0.05) is 30.3 Å². The molecular weight excluding hydrogens is 230 g/mol. The van der Waals surface area contributed by atoms with Gasteiger partial charge in [-0.25, -0.2) is 0 Å². The summed E-state index contributed by atoms with van der Waals surface area (Å²) in [5.74, 6) is -0.00835. The number of hydrogen-bond donors (Lipinski definition) is 1. The van der Waals surface area contributed by atoms with Crippen LogP contribution in [-0.2, 0) is 16.1 Å². The van der Waals surface area contributed by atoms with Crippen LogP contribution in [0.3, 0.4) is 0 Å². The SMILES string of the molecule is C[C@](O)(C=O)[C@H]1CCC(=O)N1Cc1ccccc1. The normalized spacial score (nSPS) is 22.9. The van der Waals surface area contributed by atoms with Gasteiger partial charge in [0, 0.05) is 13.0 Å². The smallest absolute Gasteiger partial charge is 0.223 e. The lowest BCUT2D eigenvalue weighted by molar-refractivity contribution is -0.138. The van der Waals surface area contributed by atoms with E-state index < -0.39 is 11.6 Å². The largest absolute Gasteiger partial charge is 0.381 e. The monoisotopic (exact) mass is 247 g/mol. The fraction of sp³-hybridized carbons (Fsp3) is 0.429. The molecule has 1 aliphatic heterocycles. The van der Waals surface area contributed by atoms with E-state index in [-0.39, 0.29) is 5.91 Å². The number of benzene rings is 1. The number of carbonyl (C=O) groups excluding carboxylic acids is 2. The molecule has 18 heavy (non-hydrogen) atoms. The van der Waals surface area contributed by atoms with Crippen LogP contribution in [0.4, 0.5) is 0 Å². The molecule has 1 amide bonds. The van der Waals surface area contributed by atoms with Crippen molar-refractivity contribution in [2.45, 2.75) is 38.0 Å². The Morgan fingerprint density at radius 3 is 2.72 bits per heavy atom. The summed E-state index contributed by atoms with van der Waals surface area (Å²) in [7, 11) is 0. The minimum atomic E-state index is -1.47. The number of aldehydes is 1. The Morgan fingerprint density at radius 2 is 2.11 bits per heavy atom. The van der Waals surface area contributed by atoms with Gasteiger partial charge in [0.2, 0.25) is 5.91 Å². The summed E-state index contributed by atoms with van der Waals surface area (Å²) in [4.78, 5) is 24.4. The molecule has 1 heterocycles. The van der Waals surface area contributed by atoms with E-state index >= 15 is 0 Å². The third-order valence-electron chi connectivity index (χ3n) is 3.44. The predicted octanol–water partition coefficient (Wildman–Crippen LogP) is 1.13. The Kier molecular flexibility index (Phi) is 3.48. The van der Waals surface area contributed by atoms with Crippen LogP contribution in [0.25, 0.3) is 0 Å². The number of nitrogens with zero attached hydrogens (tertiary/aromatic N) is 1. The molecule has 1 N–H and O–H groups in total. The number of likely N-dealkylation sites (tertiary alicyclic amines) is 1. The van der Waals surface area contributed by atoms with Crippen LogP contribution in [-0.4, -0.2) is 33.8 Å². The van der Waals surface area contributed by atoms with Crippen molar-refractivity contribution in [2.24, 2.45) is 0 Å². The van der Waals surface area contributed by atoms with Gasteiger partial charge in [0.1, 0.15) is 5.60 Å². The van der Waals surface area contributed by atoms with Gasteiger partial charge in [-0.05, 0) is 18.9 Å². The van der Waals surface area contributed by atoms with E-state index in [2.05, 4.69) is 0 Å². The molecule has 0 radical (unpaired) electrons. The van der Waals surface area contributed by atoms with Crippen LogP contribution in [0.1, 0.15) is 25.3 Å². The maximum absolute atomic E-state index is 11.9. The molecule has 1 aliphatic rings. The topological polar surface area (TPSA) is 57.6 Å². The van der Waals surface area contributed by atoms with Crippen LogP contribution in [0, 0.1) is 0 Å². The maximum atomic E-state index is 11.9. The number of aliphatic hydroxyl groups is 1. The highest BCUT2D eigenvalue weighted by Crippen LogP contribution is 2.28. The molecule has 1 fully saturated rings. The van der Waals surface area contributed by atoms with Crippen molar-refractivity contribution >= 4 is 12.2 Å². The number of hydrogen-bond acceptors (Lipinski definition) is 3. The number of rotatable bonds is 4. The summed E-state index contributed by atoms with van der Waals surface area (Å²) in [6.45, 7) is 1.90. The lowest BCUT2D eigenvalue weighted by atomic mass is 9.96. The highest BCUT2D eigenvalue weighted by Gasteiger charge is 2.42. The lowest BCUT2D eigenvalue weighted by Crippen LogP contribution is -2.49. The summed E-state index contributed by atoms with van der Waals surface area (Å²) in [6, 6.07) is 9.15. The quantitative estimate of drug-likeness (QED) is 0.811. The molecule has 0 unspecified atom stereocenters. The van der Waals surface area contributed by atoms with Crippen molar-refractivity contribution in [3.8, 4) is 0 Å². The first-order valence-electron chi connectivity index (χ1n) is 6.06. The van der Waals surface area contributed by atoms with Gasteiger partial charge >= 0.3 is 0 Å². The van der Waals surface area contributed by atoms with Gasteiger partial charge in [-0.2, -0.15) is 0 Å². The van der Waals surface area contributed by atoms with E-state index in [1.54, 1.807) is 4.90 Å². The fourth-order valence-corrected chi connectivity index (χ4v) is 2.40. The third-order valence-corrected chi connectivity index (χ3v) is 3.44. The van der Waals surface area contributed by atoms with Gasteiger partial charge in [-0.15, -0.1) is 0 Å². The van der Waals surface area contributed by atoms with E-state index in [0.717, 1.165) is 5.56 Å². The van der Waals surface area contributed by atoms with Gasteiger partial charge in [0.15, 0.2) is 6.29 Å². The van der Waals surface area contributed by atoms with Crippen LogP contribution < -0.4 is 0 Å². The molecule has 0 bridgehead atoms. The molecule has 1 saturated heterocycles. The van der Waals surface area contributed by atoms with Crippen LogP contribution in [0.2, 0.25) is 0 Å². The Morgan fingerprint density at radius 1 is 1.44 bits per heavy atom. The fourth-order valence-electron chi connectivity index (χ4n) is 2.40. The van der Waals surface area contributed by atoms with Crippen LogP contribution >= 0.6 is 0 Å². The second-order valence-corrected chi connectivity index (χ2v) is 4.91. The van der Waals surface area contributed by atoms with Gasteiger partial charge in [0.05, 0.1) is 6.04 Å². The average molecular weight is 247 g/mol. The van der Waals surface area contributed by atoms with Gasteiger partial charge < -0.3 is 14.8 Å². The summed E-state index contributed by atoms with van der Waals surface area (Å²) >= 11 is 0. The second kappa shape index (κ2) is 4.90. The van der Waals surface area contributed by atoms with E-state index in [9.17, 15) is 14.7 Å².